The zero-order valence-electron chi connectivity index (χ0n) is 6.65. The topological polar surface area (TPSA) is 20.2 Å². The van der Waals surface area contributed by atoms with Crippen LogP contribution < -0.4 is 0 Å². The van der Waals surface area contributed by atoms with Crippen LogP contribution in [-0.2, 0) is 0 Å². The molecule has 1 aromatic rings. The SMILES string of the molecule is O[C@@H](c1ccc(Cl)cc1F)C(F)(F)F. The summed E-state index contributed by atoms with van der Waals surface area (Å²) in [6.07, 6.45) is -7.70. The van der Waals surface area contributed by atoms with Crippen LogP contribution in [0.4, 0.5) is 17.6 Å². The van der Waals surface area contributed by atoms with Crippen LogP contribution in [0.1, 0.15) is 11.7 Å². The summed E-state index contributed by atoms with van der Waals surface area (Å²) in [6, 6.07) is 2.59. The first-order valence-electron chi connectivity index (χ1n) is 3.52. The van der Waals surface area contributed by atoms with Gasteiger partial charge in [0.25, 0.3) is 0 Å². The van der Waals surface area contributed by atoms with Crippen molar-refractivity contribution in [3.8, 4) is 0 Å². The van der Waals surface area contributed by atoms with Gasteiger partial charge >= 0.3 is 6.18 Å². The lowest BCUT2D eigenvalue weighted by Crippen LogP contribution is -2.21. The van der Waals surface area contributed by atoms with Crippen LogP contribution in [0.15, 0.2) is 18.2 Å². The fourth-order valence-electron chi connectivity index (χ4n) is 0.900. The molecule has 0 amide bonds. The Morgan fingerprint density at radius 3 is 2.29 bits per heavy atom. The Morgan fingerprint density at radius 2 is 1.86 bits per heavy atom. The third-order valence-corrected chi connectivity index (χ3v) is 1.80. The number of benzene rings is 1. The fraction of sp³-hybridized carbons (Fsp3) is 0.250. The average Bonchev–Trinajstić information content (AvgIpc) is 2.01. The van der Waals surface area contributed by atoms with E-state index in [1.807, 2.05) is 0 Å². The number of alkyl halides is 3. The first-order valence-corrected chi connectivity index (χ1v) is 3.90. The number of hydrogen-bond acceptors (Lipinski definition) is 1. The van der Waals surface area contributed by atoms with E-state index in [9.17, 15) is 17.6 Å². The van der Waals surface area contributed by atoms with Gasteiger partial charge < -0.3 is 5.11 Å². The summed E-state index contributed by atoms with van der Waals surface area (Å²) in [5, 5.41) is 8.69. The molecule has 0 aliphatic rings. The minimum atomic E-state index is -4.88. The van der Waals surface area contributed by atoms with Crippen molar-refractivity contribution in [2.45, 2.75) is 12.3 Å². The van der Waals surface area contributed by atoms with Gasteiger partial charge in [0.1, 0.15) is 5.82 Å². The highest BCUT2D eigenvalue weighted by molar-refractivity contribution is 6.30. The Labute approximate surface area is 81.9 Å². The van der Waals surface area contributed by atoms with E-state index in [2.05, 4.69) is 0 Å². The molecule has 0 fully saturated rings. The highest BCUT2D eigenvalue weighted by Gasteiger charge is 2.40. The molecular formula is C8H5ClF4O. The Balaban J connectivity index is 3.08. The van der Waals surface area contributed by atoms with Crippen LogP contribution in [0, 0.1) is 5.82 Å². The monoisotopic (exact) mass is 228 g/mol. The minimum absolute atomic E-state index is 0.0272. The van der Waals surface area contributed by atoms with Crippen molar-refractivity contribution >= 4 is 11.6 Å². The normalized spacial score (nSPS) is 14.1. The van der Waals surface area contributed by atoms with Crippen molar-refractivity contribution in [2.75, 3.05) is 0 Å². The number of halogens is 5. The summed E-state index contributed by atoms with van der Waals surface area (Å²) >= 11 is 5.33. The maximum Gasteiger partial charge on any atom is 0.418 e. The predicted octanol–water partition coefficient (Wildman–Crippen LogP) is 3.07. The van der Waals surface area contributed by atoms with Crippen molar-refractivity contribution in [3.63, 3.8) is 0 Å². The molecule has 0 aromatic heterocycles. The molecule has 1 rings (SSSR count). The smallest absolute Gasteiger partial charge is 0.379 e. The Hall–Kier alpha value is -0.810. The number of aliphatic hydroxyl groups is 1. The van der Waals surface area contributed by atoms with E-state index in [4.69, 9.17) is 16.7 Å². The zero-order chi connectivity index (χ0) is 10.9. The van der Waals surface area contributed by atoms with Crippen LogP contribution >= 0.6 is 11.6 Å². The predicted molar refractivity (Wildman–Crippen MR) is 42.4 cm³/mol. The van der Waals surface area contributed by atoms with Crippen molar-refractivity contribution in [2.24, 2.45) is 0 Å². The summed E-state index contributed by atoms with van der Waals surface area (Å²) in [5.74, 6) is -1.18. The summed E-state index contributed by atoms with van der Waals surface area (Å²) in [4.78, 5) is 0. The maximum atomic E-state index is 12.9. The molecule has 0 unspecified atom stereocenters. The highest BCUT2D eigenvalue weighted by atomic mass is 35.5. The summed E-state index contributed by atoms with van der Waals surface area (Å²) in [6.45, 7) is 0. The lowest BCUT2D eigenvalue weighted by Gasteiger charge is -2.15. The number of rotatable bonds is 1. The first kappa shape index (κ1) is 11.3. The molecule has 0 heterocycles. The van der Waals surface area contributed by atoms with Gasteiger partial charge in [0.15, 0.2) is 6.10 Å². The van der Waals surface area contributed by atoms with Gasteiger partial charge in [0.2, 0.25) is 0 Å². The van der Waals surface area contributed by atoms with Crippen molar-refractivity contribution in [3.05, 3.63) is 34.6 Å². The molecule has 6 heteroatoms. The molecule has 0 saturated carbocycles. The molecule has 1 atom stereocenters. The van der Waals surface area contributed by atoms with Gasteiger partial charge in [-0.2, -0.15) is 13.2 Å². The van der Waals surface area contributed by atoms with Gasteiger partial charge in [0.05, 0.1) is 0 Å². The molecular weight excluding hydrogens is 224 g/mol. The van der Waals surface area contributed by atoms with Gasteiger partial charge in [-0.15, -0.1) is 0 Å². The standard InChI is InChI=1S/C8H5ClF4O/c9-4-1-2-5(6(10)3-4)7(14)8(11,12)13/h1-3,7,14H/t7-/m0/s1. The largest absolute Gasteiger partial charge is 0.418 e. The molecule has 0 radical (unpaired) electrons. The van der Waals surface area contributed by atoms with Crippen LogP contribution in [0.5, 0.6) is 0 Å². The lowest BCUT2D eigenvalue weighted by atomic mass is 10.1. The second-order valence-electron chi connectivity index (χ2n) is 2.61. The maximum absolute atomic E-state index is 12.9. The highest BCUT2D eigenvalue weighted by Crippen LogP contribution is 2.34. The molecule has 1 nitrogen and oxygen atoms in total. The lowest BCUT2D eigenvalue weighted by molar-refractivity contribution is -0.207. The molecule has 78 valence electrons. The second-order valence-corrected chi connectivity index (χ2v) is 3.05. The van der Waals surface area contributed by atoms with Crippen LogP contribution in [0.25, 0.3) is 0 Å². The van der Waals surface area contributed by atoms with Crippen molar-refractivity contribution in [1.82, 2.24) is 0 Å². The van der Waals surface area contributed by atoms with E-state index >= 15 is 0 Å². The Morgan fingerprint density at radius 1 is 1.29 bits per heavy atom. The summed E-state index contributed by atoms with van der Waals surface area (Å²) < 4.78 is 48.8. The van der Waals surface area contributed by atoms with E-state index in [1.54, 1.807) is 0 Å². The van der Waals surface area contributed by atoms with E-state index in [0.29, 0.717) is 6.07 Å². The Bertz CT molecular complexity index is 337. The van der Waals surface area contributed by atoms with Gasteiger partial charge in [-0.05, 0) is 12.1 Å². The zero-order valence-corrected chi connectivity index (χ0v) is 7.40. The molecule has 1 N–H and O–H groups in total. The minimum Gasteiger partial charge on any atom is -0.379 e. The third-order valence-electron chi connectivity index (χ3n) is 1.57. The molecule has 0 saturated heterocycles. The van der Waals surface area contributed by atoms with Crippen LogP contribution in [0.3, 0.4) is 0 Å². The summed E-state index contributed by atoms with van der Waals surface area (Å²) in [7, 11) is 0. The molecule has 1 aromatic carbocycles. The average molecular weight is 229 g/mol. The quantitative estimate of drug-likeness (QED) is 0.733. The second kappa shape index (κ2) is 3.74. The molecule has 0 spiro atoms. The third kappa shape index (κ3) is 2.36. The van der Waals surface area contributed by atoms with E-state index in [0.717, 1.165) is 12.1 Å². The van der Waals surface area contributed by atoms with E-state index in [-0.39, 0.29) is 5.02 Å². The van der Waals surface area contributed by atoms with E-state index in [1.165, 1.54) is 0 Å². The summed E-state index contributed by atoms with van der Waals surface area (Å²) in [5.41, 5.74) is -0.832. The Kier molecular flexibility index (Phi) is 3.01. The van der Waals surface area contributed by atoms with Gasteiger partial charge in [-0.3, -0.25) is 0 Å². The van der Waals surface area contributed by atoms with Gasteiger partial charge in [0, 0.05) is 10.6 Å². The first-order chi connectivity index (χ1) is 6.32. The van der Waals surface area contributed by atoms with Crippen molar-refractivity contribution in [1.29, 1.82) is 0 Å². The van der Waals surface area contributed by atoms with Crippen LogP contribution in [0.2, 0.25) is 5.02 Å². The number of aliphatic hydroxyl groups excluding tert-OH is 1. The fourth-order valence-corrected chi connectivity index (χ4v) is 1.06. The number of hydrogen-bond donors (Lipinski definition) is 1. The van der Waals surface area contributed by atoms with Crippen LogP contribution in [-0.4, -0.2) is 11.3 Å². The molecule has 0 bridgehead atoms. The molecule has 0 aliphatic heterocycles. The molecule has 14 heavy (non-hydrogen) atoms. The molecule has 0 aliphatic carbocycles. The van der Waals surface area contributed by atoms with E-state index < -0.39 is 23.7 Å². The van der Waals surface area contributed by atoms with Gasteiger partial charge in [-0.25, -0.2) is 4.39 Å². The van der Waals surface area contributed by atoms with Crippen molar-refractivity contribution < 1.29 is 22.7 Å². The van der Waals surface area contributed by atoms with Gasteiger partial charge in [-0.1, -0.05) is 17.7 Å².